The number of anilines is 1. The summed E-state index contributed by atoms with van der Waals surface area (Å²) in [5, 5.41) is 11.6. The van der Waals surface area contributed by atoms with Gasteiger partial charge in [-0.3, -0.25) is 4.79 Å². The number of rotatable bonds is 2. The van der Waals surface area contributed by atoms with Crippen molar-refractivity contribution < 1.29 is 18.0 Å². The van der Waals surface area contributed by atoms with Gasteiger partial charge in [-0.2, -0.15) is 5.26 Å². The van der Waals surface area contributed by atoms with Crippen molar-refractivity contribution >= 4 is 11.6 Å². The van der Waals surface area contributed by atoms with Crippen LogP contribution in [-0.2, 0) is 4.79 Å². The molecule has 0 bridgehead atoms. The molecule has 1 saturated carbocycles. The number of nitriles is 1. The quantitative estimate of drug-likeness (QED) is 0.664. The van der Waals surface area contributed by atoms with Crippen molar-refractivity contribution in [3.05, 3.63) is 29.6 Å². The number of halogens is 3. The molecule has 3 nitrogen and oxygen atoms in total. The molecule has 1 amide bonds. The lowest BCUT2D eigenvalue weighted by Crippen LogP contribution is -2.35. The van der Waals surface area contributed by atoms with Gasteiger partial charge in [-0.25, -0.2) is 13.2 Å². The topological polar surface area (TPSA) is 52.9 Å². The van der Waals surface area contributed by atoms with Crippen LogP contribution in [0.15, 0.2) is 12.1 Å². The van der Waals surface area contributed by atoms with Gasteiger partial charge in [0, 0.05) is 12.1 Å². The largest absolute Gasteiger partial charge is 0.322 e. The lowest BCUT2D eigenvalue weighted by molar-refractivity contribution is -0.123. The first-order valence-electron chi connectivity index (χ1n) is 6.86. The van der Waals surface area contributed by atoms with E-state index in [0.29, 0.717) is 25.0 Å². The number of carbonyl (C=O) groups is 1. The van der Waals surface area contributed by atoms with Crippen LogP contribution in [-0.4, -0.2) is 5.91 Å². The van der Waals surface area contributed by atoms with E-state index in [1.165, 1.54) is 0 Å². The molecule has 0 aromatic heterocycles. The van der Waals surface area contributed by atoms with Gasteiger partial charge >= 0.3 is 0 Å². The molecule has 1 aromatic rings. The average Bonchev–Trinajstić information content (AvgIpc) is 2.71. The molecule has 0 heterocycles. The van der Waals surface area contributed by atoms with E-state index in [0.717, 1.165) is 25.7 Å². The van der Waals surface area contributed by atoms with Crippen molar-refractivity contribution in [2.75, 3.05) is 5.32 Å². The van der Waals surface area contributed by atoms with Crippen LogP contribution in [0.1, 0.15) is 38.5 Å². The Morgan fingerprint density at radius 2 is 1.62 bits per heavy atom. The normalized spacial score (nSPS) is 17.6. The zero-order valence-electron chi connectivity index (χ0n) is 11.4. The van der Waals surface area contributed by atoms with Crippen molar-refractivity contribution in [2.24, 2.45) is 5.41 Å². The van der Waals surface area contributed by atoms with Crippen molar-refractivity contribution in [3.8, 4) is 6.07 Å². The van der Waals surface area contributed by atoms with Gasteiger partial charge in [-0.15, -0.1) is 0 Å². The number of hydrogen-bond acceptors (Lipinski definition) is 2. The fraction of sp³-hybridized carbons (Fsp3) is 0.467. The molecule has 0 aliphatic heterocycles. The third-order valence-electron chi connectivity index (χ3n) is 3.86. The smallest absolute Gasteiger partial charge is 0.244 e. The molecule has 0 saturated heterocycles. The third-order valence-corrected chi connectivity index (χ3v) is 3.86. The Kier molecular flexibility index (Phi) is 4.51. The molecule has 0 spiro atoms. The predicted octanol–water partition coefficient (Wildman–Crippen LogP) is 3.91. The van der Waals surface area contributed by atoms with E-state index >= 15 is 0 Å². The summed E-state index contributed by atoms with van der Waals surface area (Å²) in [6.45, 7) is 0. The second kappa shape index (κ2) is 6.17. The van der Waals surface area contributed by atoms with E-state index in [4.69, 9.17) is 0 Å². The molecule has 0 unspecified atom stereocenters. The van der Waals surface area contributed by atoms with Crippen LogP contribution in [0.25, 0.3) is 0 Å². The van der Waals surface area contributed by atoms with Crippen LogP contribution in [0.5, 0.6) is 0 Å². The summed E-state index contributed by atoms with van der Waals surface area (Å²) in [6, 6.07) is 2.98. The van der Waals surface area contributed by atoms with Crippen LogP contribution in [0.2, 0.25) is 0 Å². The average molecular weight is 296 g/mol. The molecule has 1 N–H and O–H groups in total. The van der Waals surface area contributed by atoms with Crippen LogP contribution >= 0.6 is 0 Å². The van der Waals surface area contributed by atoms with E-state index in [1.807, 2.05) is 6.07 Å². The molecule has 1 aliphatic rings. The number of hydrogen-bond donors (Lipinski definition) is 1. The minimum absolute atomic E-state index is 0.372. The minimum Gasteiger partial charge on any atom is -0.322 e. The highest BCUT2D eigenvalue weighted by Crippen LogP contribution is 2.36. The monoisotopic (exact) mass is 296 g/mol. The van der Waals surface area contributed by atoms with Crippen LogP contribution < -0.4 is 5.32 Å². The zero-order chi connectivity index (χ0) is 15.5. The first-order valence-corrected chi connectivity index (χ1v) is 6.86. The summed E-state index contributed by atoms with van der Waals surface area (Å²) in [6.07, 6.45) is 4.14. The Bertz CT molecular complexity index is 587. The van der Waals surface area contributed by atoms with Crippen LogP contribution in [0.4, 0.5) is 18.9 Å². The molecule has 0 atom stereocenters. The standard InChI is InChI=1S/C15H15F3N2O/c16-10-7-12(18)13(8-11(10)17)20-14(21)15(9-19)5-3-1-2-4-6-15/h7-8H,1-6H2,(H,20,21). The van der Waals surface area contributed by atoms with Crippen LogP contribution in [0.3, 0.4) is 0 Å². The molecule has 2 rings (SSSR count). The number of amides is 1. The fourth-order valence-electron chi connectivity index (χ4n) is 2.58. The Labute approximate surface area is 120 Å². The second-order valence-electron chi connectivity index (χ2n) is 5.31. The van der Waals surface area contributed by atoms with Crippen LogP contribution in [0, 0.1) is 34.2 Å². The molecule has 112 valence electrons. The summed E-state index contributed by atoms with van der Waals surface area (Å²) in [5.74, 6) is -4.30. The van der Waals surface area contributed by atoms with Gasteiger partial charge in [-0.05, 0) is 12.8 Å². The maximum Gasteiger partial charge on any atom is 0.244 e. The Morgan fingerprint density at radius 3 is 2.19 bits per heavy atom. The maximum atomic E-state index is 13.6. The molecule has 0 radical (unpaired) electrons. The van der Waals surface area contributed by atoms with Crippen molar-refractivity contribution in [2.45, 2.75) is 38.5 Å². The molecule has 1 fully saturated rings. The maximum absolute atomic E-state index is 13.6. The van der Waals surface area contributed by atoms with Crippen molar-refractivity contribution in [1.29, 1.82) is 5.26 Å². The molecular formula is C15H15F3N2O. The number of nitrogens with zero attached hydrogens (tertiary/aromatic N) is 1. The lowest BCUT2D eigenvalue weighted by Gasteiger charge is -2.23. The summed E-state index contributed by atoms with van der Waals surface area (Å²) < 4.78 is 39.6. The second-order valence-corrected chi connectivity index (χ2v) is 5.31. The Hall–Kier alpha value is -2.03. The van der Waals surface area contributed by atoms with E-state index in [1.54, 1.807) is 0 Å². The SMILES string of the molecule is N#CC1(C(=O)Nc2cc(F)c(F)cc2F)CCCCCC1. The van der Waals surface area contributed by atoms with Gasteiger partial charge < -0.3 is 5.32 Å². The summed E-state index contributed by atoms with van der Waals surface area (Å²) >= 11 is 0. The fourth-order valence-corrected chi connectivity index (χ4v) is 2.58. The first-order chi connectivity index (χ1) is 9.98. The summed E-state index contributed by atoms with van der Waals surface area (Å²) in [5.41, 5.74) is -1.67. The van der Waals surface area contributed by atoms with E-state index in [-0.39, 0.29) is 0 Å². The molecule has 6 heteroatoms. The van der Waals surface area contributed by atoms with Crippen molar-refractivity contribution in [3.63, 3.8) is 0 Å². The van der Waals surface area contributed by atoms with Gasteiger partial charge in [0.1, 0.15) is 11.2 Å². The van der Waals surface area contributed by atoms with Gasteiger partial charge in [0.2, 0.25) is 5.91 Å². The lowest BCUT2D eigenvalue weighted by atomic mass is 9.81. The predicted molar refractivity (Wildman–Crippen MR) is 70.7 cm³/mol. The number of benzene rings is 1. The van der Waals surface area contributed by atoms with E-state index < -0.39 is 34.5 Å². The molecule has 1 aromatic carbocycles. The highest BCUT2D eigenvalue weighted by molar-refractivity contribution is 5.97. The number of carbonyl (C=O) groups excluding carboxylic acids is 1. The third kappa shape index (κ3) is 3.18. The Morgan fingerprint density at radius 1 is 1.05 bits per heavy atom. The van der Waals surface area contributed by atoms with Gasteiger partial charge in [0.25, 0.3) is 0 Å². The molecular weight excluding hydrogens is 281 g/mol. The molecule has 21 heavy (non-hydrogen) atoms. The van der Waals surface area contributed by atoms with Gasteiger partial charge in [-0.1, -0.05) is 25.7 Å². The van der Waals surface area contributed by atoms with Gasteiger partial charge in [0.05, 0.1) is 11.8 Å². The summed E-state index contributed by atoms with van der Waals surface area (Å²) in [7, 11) is 0. The highest BCUT2D eigenvalue weighted by Gasteiger charge is 2.39. The summed E-state index contributed by atoms with van der Waals surface area (Å²) in [4.78, 5) is 12.3. The first kappa shape index (κ1) is 15.4. The van der Waals surface area contributed by atoms with Crippen molar-refractivity contribution in [1.82, 2.24) is 0 Å². The number of nitrogens with one attached hydrogen (secondary N) is 1. The van der Waals surface area contributed by atoms with E-state index in [9.17, 15) is 23.2 Å². The zero-order valence-corrected chi connectivity index (χ0v) is 11.4. The van der Waals surface area contributed by atoms with Gasteiger partial charge in [0.15, 0.2) is 11.6 Å². The van der Waals surface area contributed by atoms with E-state index in [2.05, 4.69) is 5.32 Å². The molecule has 1 aliphatic carbocycles. The Balaban J connectivity index is 2.24. The highest BCUT2D eigenvalue weighted by atomic mass is 19.2. The minimum atomic E-state index is -1.32.